The van der Waals surface area contributed by atoms with E-state index >= 15 is 0 Å². The molecule has 2 aromatic rings. The van der Waals surface area contributed by atoms with Crippen LogP contribution in [0.25, 0.3) is 0 Å². The fraction of sp³-hybridized carbons (Fsp3) is 0.294. The lowest BCUT2D eigenvalue weighted by Gasteiger charge is -2.17. The molecular formula is C17H21NO. The molecule has 0 aliphatic heterocycles. The van der Waals surface area contributed by atoms with Crippen molar-refractivity contribution < 1.29 is 4.74 Å². The minimum atomic E-state index is 0.398. The molecular weight excluding hydrogens is 234 g/mol. The van der Waals surface area contributed by atoms with Gasteiger partial charge >= 0.3 is 0 Å². The van der Waals surface area contributed by atoms with E-state index in [4.69, 9.17) is 4.74 Å². The van der Waals surface area contributed by atoms with Crippen molar-refractivity contribution in [2.45, 2.75) is 26.3 Å². The summed E-state index contributed by atoms with van der Waals surface area (Å²) in [4.78, 5) is 0. The Morgan fingerprint density at radius 2 is 1.74 bits per heavy atom. The van der Waals surface area contributed by atoms with E-state index in [1.807, 2.05) is 12.1 Å². The summed E-state index contributed by atoms with van der Waals surface area (Å²) in [6.07, 6.45) is 0.998. The van der Waals surface area contributed by atoms with Crippen LogP contribution >= 0.6 is 0 Å². The number of anilines is 1. The van der Waals surface area contributed by atoms with E-state index in [2.05, 4.69) is 55.6 Å². The van der Waals surface area contributed by atoms with E-state index in [0.29, 0.717) is 6.04 Å². The van der Waals surface area contributed by atoms with E-state index in [-0.39, 0.29) is 0 Å². The first kappa shape index (κ1) is 13.5. The molecule has 2 heteroatoms. The lowest BCUT2D eigenvalue weighted by Crippen LogP contribution is -2.18. The van der Waals surface area contributed by atoms with E-state index in [0.717, 1.165) is 12.2 Å². The molecule has 2 rings (SSSR count). The molecule has 0 spiro atoms. The van der Waals surface area contributed by atoms with Crippen LogP contribution in [0.2, 0.25) is 0 Å². The van der Waals surface area contributed by atoms with Crippen molar-refractivity contribution in [1.29, 1.82) is 0 Å². The van der Waals surface area contributed by atoms with Crippen LogP contribution in [0.1, 0.15) is 18.1 Å². The predicted octanol–water partition coefficient (Wildman–Crippen LogP) is 4.05. The lowest BCUT2D eigenvalue weighted by molar-refractivity contribution is 0.414. The molecule has 0 amide bonds. The van der Waals surface area contributed by atoms with Gasteiger partial charge in [0.05, 0.1) is 7.11 Å². The van der Waals surface area contributed by atoms with E-state index in [1.165, 1.54) is 16.8 Å². The van der Waals surface area contributed by atoms with Crippen molar-refractivity contribution in [3.05, 3.63) is 59.7 Å². The van der Waals surface area contributed by atoms with Gasteiger partial charge in [-0.2, -0.15) is 0 Å². The normalized spacial score (nSPS) is 11.9. The van der Waals surface area contributed by atoms with Gasteiger partial charge < -0.3 is 10.1 Å². The van der Waals surface area contributed by atoms with Crippen LogP contribution in [0, 0.1) is 6.92 Å². The molecule has 2 nitrogen and oxygen atoms in total. The van der Waals surface area contributed by atoms with Gasteiger partial charge in [0.1, 0.15) is 5.75 Å². The molecule has 19 heavy (non-hydrogen) atoms. The molecule has 100 valence electrons. The number of hydrogen-bond acceptors (Lipinski definition) is 2. The van der Waals surface area contributed by atoms with Crippen LogP contribution in [0.4, 0.5) is 5.69 Å². The van der Waals surface area contributed by atoms with Crippen molar-refractivity contribution in [3.8, 4) is 5.75 Å². The molecule has 0 saturated carbocycles. The van der Waals surface area contributed by atoms with Gasteiger partial charge in [0.2, 0.25) is 0 Å². The van der Waals surface area contributed by atoms with Crippen molar-refractivity contribution >= 4 is 5.69 Å². The fourth-order valence-corrected chi connectivity index (χ4v) is 2.17. The highest BCUT2D eigenvalue weighted by Crippen LogP contribution is 2.17. The van der Waals surface area contributed by atoms with Crippen LogP contribution in [0.3, 0.4) is 0 Å². The van der Waals surface area contributed by atoms with Gasteiger partial charge in [0.25, 0.3) is 0 Å². The van der Waals surface area contributed by atoms with Gasteiger partial charge in [-0.3, -0.25) is 0 Å². The SMILES string of the molecule is COc1ccc(CC(C)Nc2ccccc2C)cc1. The largest absolute Gasteiger partial charge is 0.497 e. The van der Waals surface area contributed by atoms with Gasteiger partial charge in [-0.1, -0.05) is 30.3 Å². The molecule has 1 unspecified atom stereocenters. The Labute approximate surface area is 115 Å². The molecule has 1 N–H and O–H groups in total. The Kier molecular flexibility index (Phi) is 4.45. The topological polar surface area (TPSA) is 21.3 Å². The van der Waals surface area contributed by atoms with Crippen molar-refractivity contribution in [1.82, 2.24) is 0 Å². The summed E-state index contributed by atoms with van der Waals surface area (Å²) in [5.41, 5.74) is 3.81. The molecule has 1 atom stereocenters. The highest BCUT2D eigenvalue weighted by Gasteiger charge is 2.05. The van der Waals surface area contributed by atoms with Gasteiger partial charge in [-0.05, 0) is 49.6 Å². The van der Waals surface area contributed by atoms with Crippen molar-refractivity contribution in [2.24, 2.45) is 0 Å². The molecule has 0 saturated heterocycles. The molecule has 0 fully saturated rings. The first-order valence-electron chi connectivity index (χ1n) is 6.64. The Balaban J connectivity index is 1.97. The van der Waals surface area contributed by atoms with Crippen LogP contribution in [0.15, 0.2) is 48.5 Å². The first-order valence-corrected chi connectivity index (χ1v) is 6.64. The highest BCUT2D eigenvalue weighted by molar-refractivity contribution is 5.51. The lowest BCUT2D eigenvalue weighted by atomic mass is 10.1. The number of methoxy groups -OCH3 is 1. The van der Waals surface area contributed by atoms with Gasteiger partial charge in [-0.15, -0.1) is 0 Å². The Bertz CT molecular complexity index is 519. The number of rotatable bonds is 5. The standard InChI is InChI=1S/C17H21NO/c1-13-6-4-5-7-17(13)18-14(2)12-15-8-10-16(19-3)11-9-15/h4-11,14,18H,12H2,1-3H3. The number of hydrogen-bond donors (Lipinski definition) is 1. The zero-order valence-corrected chi connectivity index (χ0v) is 11.8. The quantitative estimate of drug-likeness (QED) is 0.870. The van der Waals surface area contributed by atoms with Crippen LogP contribution in [-0.2, 0) is 6.42 Å². The maximum atomic E-state index is 5.17. The molecule has 2 aromatic carbocycles. The summed E-state index contributed by atoms with van der Waals surface area (Å²) in [7, 11) is 1.69. The second-order valence-corrected chi connectivity index (χ2v) is 4.91. The number of ether oxygens (including phenoxy) is 1. The highest BCUT2D eigenvalue weighted by atomic mass is 16.5. The van der Waals surface area contributed by atoms with Crippen LogP contribution < -0.4 is 10.1 Å². The number of aryl methyl sites for hydroxylation is 1. The second-order valence-electron chi connectivity index (χ2n) is 4.91. The van der Waals surface area contributed by atoms with Gasteiger partial charge in [0.15, 0.2) is 0 Å². The molecule has 0 bridgehead atoms. The summed E-state index contributed by atoms with van der Waals surface area (Å²) < 4.78 is 5.17. The van der Waals surface area contributed by atoms with Gasteiger partial charge in [0, 0.05) is 11.7 Å². The Hall–Kier alpha value is -1.96. The van der Waals surface area contributed by atoms with Crippen LogP contribution in [-0.4, -0.2) is 13.2 Å². The van der Waals surface area contributed by atoms with E-state index < -0.39 is 0 Å². The third-order valence-electron chi connectivity index (χ3n) is 3.25. The summed E-state index contributed by atoms with van der Waals surface area (Å²) in [5.74, 6) is 0.906. The maximum absolute atomic E-state index is 5.17. The summed E-state index contributed by atoms with van der Waals surface area (Å²) in [5, 5.41) is 3.56. The van der Waals surface area contributed by atoms with Crippen molar-refractivity contribution in [3.63, 3.8) is 0 Å². The van der Waals surface area contributed by atoms with E-state index in [9.17, 15) is 0 Å². The van der Waals surface area contributed by atoms with E-state index in [1.54, 1.807) is 7.11 Å². The first-order chi connectivity index (χ1) is 9.19. The van der Waals surface area contributed by atoms with Crippen LogP contribution in [0.5, 0.6) is 5.75 Å². The smallest absolute Gasteiger partial charge is 0.118 e. The number of nitrogens with one attached hydrogen (secondary N) is 1. The predicted molar refractivity (Wildman–Crippen MR) is 81.0 cm³/mol. The molecule has 0 aliphatic carbocycles. The Morgan fingerprint density at radius 1 is 1.05 bits per heavy atom. The Morgan fingerprint density at radius 3 is 2.37 bits per heavy atom. The molecule has 0 aliphatic rings. The summed E-state index contributed by atoms with van der Waals surface area (Å²) >= 11 is 0. The average Bonchev–Trinajstić information content (AvgIpc) is 2.42. The zero-order valence-electron chi connectivity index (χ0n) is 11.8. The second kappa shape index (κ2) is 6.28. The van der Waals surface area contributed by atoms with Crippen molar-refractivity contribution in [2.75, 3.05) is 12.4 Å². The number of benzene rings is 2. The minimum absolute atomic E-state index is 0.398. The third-order valence-corrected chi connectivity index (χ3v) is 3.25. The molecule has 0 radical (unpaired) electrons. The summed E-state index contributed by atoms with van der Waals surface area (Å²) in [6, 6.07) is 17.0. The monoisotopic (exact) mass is 255 g/mol. The third kappa shape index (κ3) is 3.75. The zero-order chi connectivity index (χ0) is 13.7. The minimum Gasteiger partial charge on any atom is -0.497 e. The summed E-state index contributed by atoms with van der Waals surface area (Å²) in [6.45, 7) is 4.33. The molecule has 0 heterocycles. The maximum Gasteiger partial charge on any atom is 0.118 e. The molecule has 0 aromatic heterocycles. The fourth-order valence-electron chi connectivity index (χ4n) is 2.17. The number of para-hydroxylation sites is 1. The average molecular weight is 255 g/mol. The van der Waals surface area contributed by atoms with Gasteiger partial charge in [-0.25, -0.2) is 0 Å².